The number of nitrogens with zero attached hydrogens (tertiary/aromatic N) is 1. The van der Waals surface area contributed by atoms with E-state index in [1.807, 2.05) is 0 Å². The molecule has 136 valence electrons. The first kappa shape index (κ1) is 18.1. The average Bonchev–Trinajstić information content (AvgIpc) is 2.61. The third-order valence-electron chi connectivity index (χ3n) is 4.98. The summed E-state index contributed by atoms with van der Waals surface area (Å²) in [6.07, 6.45) is 9.32. The largest absolute Gasteiger partial charge is 0.312 e. The van der Waals surface area contributed by atoms with Crippen LogP contribution in [0.1, 0.15) is 51.0 Å². The monoisotopic (exact) mass is 362 g/mol. The van der Waals surface area contributed by atoms with Gasteiger partial charge < -0.3 is 4.90 Å². The van der Waals surface area contributed by atoms with Crippen LogP contribution in [-0.4, -0.2) is 27.4 Å². The Morgan fingerprint density at radius 3 is 2.76 bits per heavy atom. The molecule has 0 unspecified atom stereocenters. The number of nitrogens with one attached hydrogen (secondary N) is 1. The summed E-state index contributed by atoms with van der Waals surface area (Å²) in [4.78, 5) is 13.7. The first-order valence-corrected chi connectivity index (χ1v) is 10.5. The van der Waals surface area contributed by atoms with Crippen molar-refractivity contribution in [2.75, 3.05) is 18.0 Å². The molecule has 0 spiro atoms. The molecule has 2 aliphatic rings. The minimum Gasteiger partial charge on any atom is -0.312 e. The molecule has 5 nitrogen and oxygen atoms in total. The topological polar surface area (TPSA) is 66.5 Å². The summed E-state index contributed by atoms with van der Waals surface area (Å²) in [5, 5.41) is 0. The molecule has 0 saturated carbocycles. The maximum absolute atomic E-state index is 12.6. The van der Waals surface area contributed by atoms with Crippen LogP contribution in [0, 0.1) is 0 Å². The molecule has 1 aromatic rings. The van der Waals surface area contributed by atoms with E-state index in [9.17, 15) is 13.2 Å². The van der Waals surface area contributed by atoms with Crippen molar-refractivity contribution < 1.29 is 13.2 Å². The van der Waals surface area contributed by atoms with E-state index in [4.69, 9.17) is 0 Å². The second-order valence-electron chi connectivity index (χ2n) is 6.82. The molecule has 0 saturated heterocycles. The zero-order valence-corrected chi connectivity index (χ0v) is 15.6. The van der Waals surface area contributed by atoms with E-state index in [0.29, 0.717) is 13.1 Å². The zero-order valence-electron chi connectivity index (χ0n) is 14.8. The summed E-state index contributed by atoms with van der Waals surface area (Å²) in [5.41, 5.74) is 3.13. The average molecular weight is 362 g/mol. The van der Waals surface area contributed by atoms with Crippen LogP contribution in [0.2, 0.25) is 0 Å². The molecular weight excluding hydrogens is 336 g/mol. The van der Waals surface area contributed by atoms with E-state index in [2.05, 4.69) is 10.8 Å². The molecule has 1 heterocycles. The molecule has 0 fully saturated rings. The van der Waals surface area contributed by atoms with Crippen molar-refractivity contribution in [2.24, 2.45) is 0 Å². The van der Waals surface area contributed by atoms with Crippen LogP contribution in [0.5, 0.6) is 0 Å². The molecule has 1 amide bonds. The first-order chi connectivity index (χ1) is 12.0. The Balaban J connectivity index is 1.70. The predicted octanol–water partition coefficient (Wildman–Crippen LogP) is 3.15. The number of benzene rings is 1. The molecule has 1 aromatic carbocycles. The lowest BCUT2D eigenvalue weighted by molar-refractivity contribution is -0.116. The van der Waals surface area contributed by atoms with Crippen molar-refractivity contribution in [3.63, 3.8) is 0 Å². The van der Waals surface area contributed by atoms with Gasteiger partial charge in [-0.2, -0.15) is 0 Å². The molecule has 1 N–H and O–H groups in total. The second-order valence-corrected chi connectivity index (χ2v) is 8.59. The highest BCUT2D eigenvalue weighted by Crippen LogP contribution is 2.29. The second kappa shape index (κ2) is 7.70. The number of hydrogen-bond donors (Lipinski definition) is 1. The molecule has 0 atom stereocenters. The summed E-state index contributed by atoms with van der Waals surface area (Å²) in [7, 11) is -3.51. The van der Waals surface area contributed by atoms with Gasteiger partial charge in [0.15, 0.2) is 0 Å². The van der Waals surface area contributed by atoms with Gasteiger partial charge in [0.05, 0.1) is 4.90 Å². The molecule has 25 heavy (non-hydrogen) atoms. The summed E-state index contributed by atoms with van der Waals surface area (Å²) in [6, 6.07) is 5.07. The maximum atomic E-state index is 12.6. The van der Waals surface area contributed by atoms with Crippen LogP contribution < -0.4 is 9.62 Å². The van der Waals surface area contributed by atoms with E-state index in [-0.39, 0.29) is 10.8 Å². The van der Waals surface area contributed by atoms with Crippen LogP contribution in [0.25, 0.3) is 0 Å². The number of aryl methyl sites for hydroxylation is 1. The van der Waals surface area contributed by atoms with Gasteiger partial charge in [-0.25, -0.2) is 13.1 Å². The predicted molar refractivity (Wildman–Crippen MR) is 99.1 cm³/mol. The molecule has 3 rings (SSSR count). The van der Waals surface area contributed by atoms with Crippen molar-refractivity contribution >= 4 is 21.6 Å². The maximum Gasteiger partial charge on any atom is 0.240 e. The van der Waals surface area contributed by atoms with Crippen LogP contribution in [0.4, 0.5) is 5.69 Å². The van der Waals surface area contributed by atoms with Gasteiger partial charge in [0.2, 0.25) is 15.9 Å². The van der Waals surface area contributed by atoms with Crippen LogP contribution in [-0.2, 0) is 21.2 Å². The lowest BCUT2D eigenvalue weighted by Gasteiger charge is -2.28. The normalized spacial score (nSPS) is 17.8. The summed E-state index contributed by atoms with van der Waals surface area (Å²) >= 11 is 0. The number of hydrogen-bond acceptors (Lipinski definition) is 3. The van der Waals surface area contributed by atoms with E-state index in [1.54, 1.807) is 30.0 Å². The smallest absolute Gasteiger partial charge is 0.240 e. The van der Waals surface area contributed by atoms with Gasteiger partial charge in [0.25, 0.3) is 0 Å². The van der Waals surface area contributed by atoms with Crippen LogP contribution in [0.3, 0.4) is 0 Å². The fourth-order valence-corrected chi connectivity index (χ4v) is 4.71. The Labute approximate surface area is 150 Å². The number of allylic oxidation sites excluding steroid dienone is 1. The number of sulfonamides is 1. The van der Waals surface area contributed by atoms with Gasteiger partial charge in [-0.15, -0.1) is 0 Å². The highest BCUT2D eigenvalue weighted by molar-refractivity contribution is 7.89. The van der Waals surface area contributed by atoms with E-state index < -0.39 is 10.0 Å². The van der Waals surface area contributed by atoms with Crippen molar-refractivity contribution in [3.05, 3.63) is 35.4 Å². The molecule has 6 heteroatoms. The first-order valence-electron chi connectivity index (χ1n) is 9.06. The highest BCUT2D eigenvalue weighted by atomic mass is 32.2. The Bertz CT molecular complexity index is 784. The molecule has 1 aliphatic heterocycles. The van der Waals surface area contributed by atoms with Gasteiger partial charge in [-0.1, -0.05) is 11.6 Å². The summed E-state index contributed by atoms with van der Waals surface area (Å²) in [5.74, 6) is -0.00422. The standard InChI is InChI=1S/C19H26N2O3S/c1-15(22)21-13-5-8-17-14-18(9-10-19(17)21)25(23,24)20-12-11-16-6-3-2-4-7-16/h6,9-10,14,20H,2-5,7-8,11-13H2,1H3. The quantitative estimate of drug-likeness (QED) is 0.818. The Hall–Kier alpha value is -1.66. The Morgan fingerprint density at radius 1 is 1.20 bits per heavy atom. The molecule has 0 bridgehead atoms. The third kappa shape index (κ3) is 4.30. The minimum atomic E-state index is -3.51. The fraction of sp³-hybridized carbons (Fsp3) is 0.526. The van der Waals surface area contributed by atoms with Crippen LogP contribution in [0.15, 0.2) is 34.7 Å². The summed E-state index contributed by atoms with van der Waals surface area (Å²) in [6.45, 7) is 2.67. The SMILES string of the molecule is CC(=O)N1CCCc2cc(S(=O)(=O)NCCC3=CCCCC3)ccc21. The minimum absolute atomic E-state index is 0.00422. The van der Waals surface area contributed by atoms with Gasteiger partial charge in [-0.3, -0.25) is 4.79 Å². The van der Waals surface area contributed by atoms with Crippen molar-refractivity contribution in [1.29, 1.82) is 0 Å². The Morgan fingerprint density at radius 2 is 2.04 bits per heavy atom. The fourth-order valence-electron chi connectivity index (χ4n) is 3.63. The molecule has 0 radical (unpaired) electrons. The molecular formula is C19H26N2O3S. The number of anilines is 1. The highest BCUT2D eigenvalue weighted by Gasteiger charge is 2.23. The number of rotatable bonds is 5. The number of carbonyl (C=O) groups is 1. The Kier molecular flexibility index (Phi) is 5.59. The third-order valence-corrected chi connectivity index (χ3v) is 6.44. The van der Waals surface area contributed by atoms with Crippen molar-refractivity contribution in [3.8, 4) is 0 Å². The molecule has 1 aliphatic carbocycles. The van der Waals surface area contributed by atoms with Gasteiger partial charge in [0.1, 0.15) is 0 Å². The number of carbonyl (C=O) groups excluding carboxylic acids is 1. The van der Waals surface area contributed by atoms with E-state index >= 15 is 0 Å². The van der Waals surface area contributed by atoms with Gasteiger partial charge >= 0.3 is 0 Å². The molecule has 0 aromatic heterocycles. The van der Waals surface area contributed by atoms with Crippen molar-refractivity contribution in [2.45, 2.75) is 56.8 Å². The summed E-state index contributed by atoms with van der Waals surface area (Å²) < 4.78 is 27.8. The van der Waals surface area contributed by atoms with Crippen molar-refractivity contribution in [1.82, 2.24) is 4.72 Å². The lowest BCUT2D eigenvalue weighted by atomic mass is 9.97. The number of amides is 1. The van der Waals surface area contributed by atoms with E-state index in [0.717, 1.165) is 43.4 Å². The van der Waals surface area contributed by atoms with Gasteiger partial charge in [0, 0.05) is 25.7 Å². The van der Waals surface area contributed by atoms with Gasteiger partial charge in [-0.05, 0) is 68.7 Å². The number of fused-ring (bicyclic) bond motifs is 1. The zero-order chi connectivity index (χ0) is 17.9. The van der Waals surface area contributed by atoms with Crippen LogP contribution >= 0.6 is 0 Å². The lowest BCUT2D eigenvalue weighted by Crippen LogP contribution is -2.33. The van der Waals surface area contributed by atoms with E-state index in [1.165, 1.54) is 18.4 Å².